The molecule has 3 aromatic rings. The number of nitrogens with two attached hydrogens (primary N) is 1. The number of hydrogen-bond donors (Lipinski definition) is 2. The van der Waals surface area contributed by atoms with E-state index in [-0.39, 0.29) is 24.8 Å². The number of ether oxygens (including phenoxy) is 1. The summed E-state index contributed by atoms with van der Waals surface area (Å²) >= 11 is 0. The third kappa shape index (κ3) is 4.80. The van der Waals surface area contributed by atoms with Gasteiger partial charge in [-0.3, -0.25) is 9.78 Å². The normalized spacial score (nSPS) is 11.1. The monoisotopic (exact) mass is 426 g/mol. The number of benzene rings is 1. The number of fused-ring (bicyclic) bond motifs is 1. The summed E-state index contributed by atoms with van der Waals surface area (Å²) in [6.45, 7) is 8.37. The van der Waals surface area contributed by atoms with Gasteiger partial charge in [0.25, 0.3) is 11.7 Å². The van der Waals surface area contributed by atoms with Crippen molar-refractivity contribution in [1.82, 2.24) is 14.5 Å². The molecule has 3 N–H and O–H groups in total. The molecule has 3 rings (SSSR count). The summed E-state index contributed by atoms with van der Waals surface area (Å²) in [6, 6.07) is 9.18. The average molecular weight is 427 g/mol. The van der Waals surface area contributed by atoms with Crippen LogP contribution in [0.4, 0.5) is 0 Å². The van der Waals surface area contributed by atoms with Crippen LogP contribution in [0.25, 0.3) is 11.0 Å². The van der Waals surface area contributed by atoms with E-state index in [0.717, 1.165) is 42.1 Å². The van der Waals surface area contributed by atoms with E-state index in [9.17, 15) is 9.90 Å². The molecule has 0 unspecified atom stereocenters. The van der Waals surface area contributed by atoms with Crippen LogP contribution in [0.15, 0.2) is 30.3 Å². The SMILES string of the molecule is CCCn1c(CN)[n+](CC)c2ccc(OCC(=O)N(C)Cc3nc(C)ccc3O)cc21. The maximum Gasteiger partial charge on any atom is 0.271 e. The smallest absolute Gasteiger partial charge is 0.271 e. The first kappa shape index (κ1) is 22.6. The van der Waals surface area contributed by atoms with Crippen molar-refractivity contribution in [2.24, 2.45) is 5.73 Å². The second-order valence-electron chi connectivity index (χ2n) is 7.62. The van der Waals surface area contributed by atoms with E-state index in [2.05, 4.69) is 28.0 Å². The topological polar surface area (TPSA) is 97.5 Å². The molecule has 2 heterocycles. The Kier molecular flexibility index (Phi) is 7.12. The number of amides is 1. The van der Waals surface area contributed by atoms with Gasteiger partial charge in [0.1, 0.15) is 17.2 Å². The number of hydrogen-bond acceptors (Lipinski definition) is 5. The molecule has 1 amide bonds. The lowest BCUT2D eigenvalue weighted by Crippen LogP contribution is -2.38. The van der Waals surface area contributed by atoms with Gasteiger partial charge in [0.05, 0.1) is 26.2 Å². The molecule has 8 heteroatoms. The van der Waals surface area contributed by atoms with Gasteiger partial charge in [0.2, 0.25) is 0 Å². The summed E-state index contributed by atoms with van der Waals surface area (Å²) in [5, 5.41) is 9.96. The van der Waals surface area contributed by atoms with Gasteiger partial charge in [0, 0.05) is 18.8 Å². The van der Waals surface area contributed by atoms with E-state index in [1.54, 1.807) is 19.2 Å². The van der Waals surface area contributed by atoms with E-state index in [1.807, 2.05) is 25.1 Å². The molecule has 0 aliphatic heterocycles. The van der Waals surface area contributed by atoms with Gasteiger partial charge in [-0.15, -0.1) is 0 Å². The maximum absolute atomic E-state index is 12.6. The zero-order valence-electron chi connectivity index (χ0n) is 18.8. The molecule has 0 spiro atoms. The molecule has 0 aliphatic rings. The second kappa shape index (κ2) is 9.78. The molecule has 0 bridgehead atoms. The van der Waals surface area contributed by atoms with Crippen molar-refractivity contribution in [3.63, 3.8) is 0 Å². The molecular formula is C23H32N5O3+. The van der Waals surface area contributed by atoms with Crippen LogP contribution in [0.1, 0.15) is 37.5 Å². The van der Waals surface area contributed by atoms with Crippen molar-refractivity contribution < 1.29 is 19.2 Å². The quantitative estimate of drug-likeness (QED) is 0.512. The number of aryl methyl sites for hydroxylation is 3. The van der Waals surface area contributed by atoms with E-state index in [4.69, 9.17) is 10.5 Å². The van der Waals surface area contributed by atoms with Crippen molar-refractivity contribution in [1.29, 1.82) is 0 Å². The van der Waals surface area contributed by atoms with Crippen LogP contribution in [0.3, 0.4) is 0 Å². The number of aromatic nitrogens is 3. The summed E-state index contributed by atoms with van der Waals surface area (Å²) in [4.78, 5) is 18.4. The molecule has 166 valence electrons. The number of pyridine rings is 1. The first-order valence-corrected chi connectivity index (χ1v) is 10.7. The van der Waals surface area contributed by atoms with Gasteiger partial charge in [-0.2, -0.15) is 0 Å². The molecule has 0 atom stereocenters. The zero-order chi connectivity index (χ0) is 22.5. The van der Waals surface area contributed by atoms with E-state index in [1.165, 1.54) is 4.90 Å². The average Bonchev–Trinajstić information content (AvgIpc) is 3.06. The molecule has 0 aliphatic carbocycles. The summed E-state index contributed by atoms with van der Waals surface area (Å²) in [5.74, 6) is 1.59. The Morgan fingerprint density at radius 1 is 1.29 bits per heavy atom. The molecule has 0 radical (unpaired) electrons. The highest BCUT2D eigenvalue weighted by atomic mass is 16.5. The Morgan fingerprint density at radius 3 is 2.74 bits per heavy atom. The Morgan fingerprint density at radius 2 is 2.06 bits per heavy atom. The standard InChI is InChI=1S/C23H31N5O3/c1-5-11-28-20-12-17(8-9-19(20)27(6-2)22(28)13-24)31-15-23(30)26(4)14-18-21(29)10-7-16(3)25-18/h7-10,12H,5-6,11,13-15,24H2,1-4H3/p+1. The molecular weight excluding hydrogens is 394 g/mol. The van der Waals surface area contributed by atoms with E-state index >= 15 is 0 Å². The summed E-state index contributed by atoms with van der Waals surface area (Å²) < 4.78 is 10.3. The van der Waals surface area contributed by atoms with Crippen LogP contribution in [0, 0.1) is 6.92 Å². The van der Waals surface area contributed by atoms with Crippen LogP contribution in [0.5, 0.6) is 11.5 Å². The minimum absolute atomic E-state index is 0.0771. The first-order valence-electron chi connectivity index (χ1n) is 10.7. The highest BCUT2D eigenvalue weighted by Gasteiger charge is 2.23. The van der Waals surface area contributed by atoms with Crippen molar-refractivity contribution >= 4 is 16.9 Å². The van der Waals surface area contributed by atoms with Gasteiger partial charge >= 0.3 is 0 Å². The van der Waals surface area contributed by atoms with Crippen LogP contribution in [0.2, 0.25) is 0 Å². The predicted molar refractivity (Wildman–Crippen MR) is 119 cm³/mol. The van der Waals surface area contributed by atoms with Crippen LogP contribution in [-0.2, 0) is 31.0 Å². The number of carbonyl (C=O) groups is 1. The van der Waals surface area contributed by atoms with Crippen molar-refractivity contribution in [3.05, 3.63) is 47.5 Å². The number of imidazole rings is 1. The zero-order valence-corrected chi connectivity index (χ0v) is 18.8. The predicted octanol–water partition coefficient (Wildman–Crippen LogP) is 2.26. The number of carbonyl (C=O) groups excluding carboxylic acids is 1. The fourth-order valence-corrected chi connectivity index (χ4v) is 3.80. The first-order chi connectivity index (χ1) is 14.9. The van der Waals surface area contributed by atoms with Crippen LogP contribution in [-0.4, -0.2) is 39.1 Å². The van der Waals surface area contributed by atoms with E-state index < -0.39 is 0 Å². The van der Waals surface area contributed by atoms with Gasteiger partial charge in [-0.1, -0.05) is 6.92 Å². The Hall–Kier alpha value is -3.13. The van der Waals surface area contributed by atoms with Gasteiger partial charge in [-0.05, 0) is 44.5 Å². The minimum atomic E-state index is -0.196. The van der Waals surface area contributed by atoms with Crippen LogP contribution < -0.4 is 15.0 Å². The molecule has 0 fully saturated rings. The molecule has 0 saturated carbocycles. The molecule has 31 heavy (non-hydrogen) atoms. The number of aromatic hydroxyl groups is 1. The minimum Gasteiger partial charge on any atom is -0.506 e. The lowest BCUT2D eigenvalue weighted by molar-refractivity contribution is -0.676. The Labute approximate surface area is 182 Å². The third-order valence-electron chi connectivity index (χ3n) is 5.36. The van der Waals surface area contributed by atoms with Crippen molar-refractivity contribution in [2.75, 3.05) is 13.7 Å². The van der Waals surface area contributed by atoms with Crippen molar-refractivity contribution in [2.45, 2.75) is 53.4 Å². The highest BCUT2D eigenvalue weighted by Crippen LogP contribution is 2.22. The third-order valence-corrected chi connectivity index (χ3v) is 5.36. The molecule has 1 aromatic carbocycles. The van der Waals surface area contributed by atoms with Crippen LogP contribution >= 0.6 is 0 Å². The van der Waals surface area contributed by atoms with Crippen molar-refractivity contribution in [3.8, 4) is 11.5 Å². The lowest BCUT2D eigenvalue weighted by atomic mass is 10.2. The fraction of sp³-hybridized carbons (Fsp3) is 0.435. The van der Waals surface area contributed by atoms with Gasteiger partial charge in [0.15, 0.2) is 17.6 Å². The largest absolute Gasteiger partial charge is 0.506 e. The van der Waals surface area contributed by atoms with Gasteiger partial charge in [-0.25, -0.2) is 9.13 Å². The summed E-state index contributed by atoms with van der Waals surface area (Å²) in [5.41, 5.74) is 9.44. The maximum atomic E-state index is 12.6. The second-order valence-corrected chi connectivity index (χ2v) is 7.62. The van der Waals surface area contributed by atoms with E-state index in [0.29, 0.717) is 18.0 Å². The summed E-state index contributed by atoms with van der Waals surface area (Å²) in [7, 11) is 1.67. The molecule has 2 aromatic heterocycles. The number of likely N-dealkylation sites (N-methyl/N-ethyl adjacent to an activating group) is 1. The molecule has 8 nitrogen and oxygen atoms in total. The lowest BCUT2D eigenvalue weighted by Gasteiger charge is -2.18. The Balaban J connectivity index is 1.75. The fourth-order valence-electron chi connectivity index (χ4n) is 3.80. The molecule has 0 saturated heterocycles. The highest BCUT2D eigenvalue weighted by molar-refractivity contribution is 5.78. The number of nitrogens with zero attached hydrogens (tertiary/aromatic N) is 4. The Bertz CT molecular complexity index is 1080. The number of rotatable bonds is 9. The van der Waals surface area contributed by atoms with Gasteiger partial charge < -0.3 is 20.5 Å². The summed E-state index contributed by atoms with van der Waals surface area (Å²) in [6.07, 6.45) is 0.995.